The topological polar surface area (TPSA) is 12.5 Å². The van der Waals surface area contributed by atoms with E-state index in [1.807, 2.05) is 55.4 Å². The Kier molecular flexibility index (Phi) is 5.27. The lowest BCUT2D eigenvalue weighted by Crippen LogP contribution is -2.20. The predicted molar refractivity (Wildman–Crippen MR) is 79.2 cm³/mol. The van der Waals surface area contributed by atoms with Crippen molar-refractivity contribution in [2.45, 2.75) is 6.10 Å². The van der Waals surface area contributed by atoms with Crippen LogP contribution in [0.25, 0.3) is 0 Å². The van der Waals surface area contributed by atoms with Gasteiger partial charge in [0.05, 0.1) is 6.61 Å². The standard InChI is InChI=1S/C17H20FNO/c1-19(2)12-13-20-17(14-8-4-3-5-9-14)15-10-6-7-11-16(15)18/h3-11,17H,12-13H2,1-2H3. The van der Waals surface area contributed by atoms with Crippen molar-refractivity contribution in [2.24, 2.45) is 0 Å². The molecule has 0 aliphatic heterocycles. The van der Waals surface area contributed by atoms with E-state index in [1.165, 1.54) is 6.07 Å². The summed E-state index contributed by atoms with van der Waals surface area (Å²) in [7, 11) is 3.98. The first kappa shape index (κ1) is 14.7. The van der Waals surface area contributed by atoms with E-state index in [0.29, 0.717) is 12.2 Å². The highest BCUT2D eigenvalue weighted by molar-refractivity contribution is 5.31. The van der Waals surface area contributed by atoms with Crippen LogP contribution in [0.5, 0.6) is 0 Å². The third-order valence-electron chi connectivity index (χ3n) is 3.11. The third-order valence-corrected chi connectivity index (χ3v) is 3.11. The summed E-state index contributed by atoms with van der Waals surface area (Å²) in [5.41, 5.74) is 1.55. The van der Waals surface area contributed by atoms with Crippen molar-refractivity contribution in [2.75, 3.05) is 27.2 Å². The second kappa shape index (κ2) is 7.17. The Morgan fingerprint density at radius 2 is 1.65 bits per heavy atom. The van der Waals surface area contributed by atoms with Crippen LogP contribution in [-0.2, 0) is 4.74 Å². The first-order chi connectivity index (χ1) is 9.68. The summed E-state index contributed by atoms with van der Waals surface area (Å²) < 4.78 is 19.9. The fraction of sp³-hybridized carbons (Fsp3) is 0.294. The number of nitrogens with zero attached hydrogens (tertiary/aromatic N) is 1. The largest absolute Gasteiger partial charge is 0.367 e. The van der Waals surface area contributed by atoms with Gasteiger partial charge in [0.1, 0.15) is 11.9 Å². The van der Waals surface area contributed by atoms with Gasteiger partial charge in [0, 0.05) is 12.1 Å². The molecule has 0 amide bonds. The number of hydrogen-bond donors (Lipinski definition) is 0. The van der Waals surface area contributed by atoms with Crippen LogP contribution in [0.2, 0.25) is 0 Å². The first-order valence-corrected chi connectivity index (χ1v) is 6.74. The maximum atomic E-state index is 14.0. The fourth-order valence-electron chi connectivity index (χ4n) is 2.03. The zero-order valence-corrected chi connectivity index (χ0v) is 11.9. The Hall–Kier alpha value is -1.71. The molecule has 0 fully saturated rings. The molecule has 0 aliphatic rings. The van der Waals surface area contributed by atoms with Crippen LogP contribution >= 0.6 is 0 Å². The highest BCUT2D eigenvalue weighted by Gasteiger charge is 2.18. The van der Waals surface area contributed by atoms with E-state index in [-0.39, 0.29) is 11.9 Å². The normalized spacial score (nSPS) is 12.6. The zero-order chi connectivity index (χ0) is 14.4. The highest BCUT2D eigenvalue weighted by Crippen LogP contribution is 2.27. The maximum absolute atomic E-state index is 14.0. The fourth-order valence-corrected chi connectivity index (χ4v) is 2.03. The molecular formula is C17H20FNO. The Balaban J connectivity index is 2.23. The molecule has 2 aromatic rings. The monoisotopic (exact) mass is 273 g/mol. The number of hydrogen-bond acceptors (Lipinski definition) is 2. The van der Waals surface area contributed by atoms with Crippen LogP contribution < -0.4 is 0 Å². The number of likely N-dealkylation sites (N-methyl/N-ethyl adjacent to an activating group) is 1. The van der Waals surface area contributed by atoms with E-state index < -0.39 is 0 Å². The molecule has 2 rings (SSSR count). The quantitative estimate of drug-likeness (QED) is 0.799. The summed E-state index contributed by atoms with van der Waals surface area (Å²) in [5, 5.41) is 0. The summed E-state index contributed by atoms with van der Waals surface area (Å²) >= 11 is 0. The van der Waals surface area contributed by atoms with Crippen LogP contribution in [0.3, 0.4) is 0 Å². The lowest BCUT2D eigenvalue weighted by atomic mass is 10.0. The number of halogens is 1. The van der Waals surface area contributed by atoms with Gasteiger partial charge in [-0.15, -0.1) is 0 Å². The van der Waals surface area contributed by atoms with Gasteiger partial charge in [-0.3, -0.25) is 0 Å². The van der Waals surface area contributed by atoms with Gasteiger partial charge in [-0.2, -0.15) is 0 Å². The zero-order valence-electron chi connectivity index (χ0n) is 11.9. The molecule has 3 heteroatoms. The summed E-state index contributed by atoms with van der Waals surface area (Å²) in [5.74, 6) is -0.230. The molecule has 2 aromatic carbocycles. The van der Waals surface area contributed by atoms with Crippen LogP contribution in [0.4, 0.5) is 4.39 Å². The summed E-state index contributed by atoms with van der Waals surface area (Å²) in [4.78, 5) is 2.05. The van der Waals surface area contributed by atoms with Gasteiger partial charge < -0.3 is 9.64 Å². The molecule has 0 radical (unpaired) electrons. The number of ether oxygens (including phenoxy) is 1. The average Bonchev–Trinajstić information content (AvgIpc) is 2.45. The molecular weight excluding hydrogens is 253 g/mol. The molecule has 0 bridgehead atoms. The predicted octanol–water partition coefficient (Wildman–Crippen LogP) is 3.49. The van der Waals surface area contributed by atoms with E-state index in [9.17, 15) is 4.39 Å². The molecule has 0 spiro atoms. The lowest BCUT2D eigenvalue weighted by Gasteiger charge is -2.20. The number of rotatable bonds is 6. The van der Waals surface area contributed by atoms with Crippen molar-refractivity contribution in [3.05, 3.63) is 71.5 Å². The minimum Gasteiger partial charge on any atom is -0.367 e. The summed E-state index contributed by atoms with van der Waals surface area (Å²) in [6.45, 7) is 1.36. The Morgan fingerprint density at radius 3 is 2.30 bits per heavy atom. The summed E-state index contributed by atoms with van der Waals surface area (Å²) in [6, 6.07) is 16.5. The van der Waals surface area contributed by atoms with Crippen molar-refractivity contribution in [3.63, 3.8) is 0 Å². The van der Waals surface area contributed by atoms with Gasteiger partial charge in [-0.25, -0.2) is 4.39 Å². The van der Waals surface area contributed by atoms with Crippen molar-refractivity contribution in [1.29, 1.82) is 0 Å². The van der Waals surface area contributed by atoms with Crippen molar-refractivity contribution < 1.29 is 9.13 Å². The smallest absolute Gasteiger partial charge is 0.129 e. The van der Waals surface area contributed by atoms with Gasteiger partial charge in [0.2, 0.25) is 0 Å². The highest BCUT2D eigenvalue weighted by atomic mass is 19.1. The molecule has 0 aromatic heterocycles. The molecule has 1 atom stereocenters. The molecule has 20 heavy (non-hydrogen) atoms. The van der Waals surface area contributed by atoms with Crippen LogP contribution in [0.1, 0.15) is 17.2 Å². The molecule has 106 valence electrons. The van der Waals surface area contributed by atoms with E-state index >= 15 is 0 Å². The molecule has 0 heterocycles. The van der Waals surface area contributed by atoms with Gasteiger partial charge in [-0.05, 0) is 25.7 Å². The van der Waals surface area contributed by atoms with E-state index in [2.05, 4.69) is 0 Å². The summed E-state index contributed by atoms with van der Waals surface area (Å²) in [6.07, 6.45) is -0.364. The van der Waals surface area contributed by atoms with Gasteiger partial charge in [-0.1, -0.05) is 48.5 Å². The maximum Gasteiger partial charge on any atom is 0.129 e. The molecule has 0 saturated heterocycles. The second-order valence-electron chi connectivity index (χ2n) is 4.99. The number of benzene rings is 2. The average molecular weight is 273 g/mol. The lowest BCUT2D eigenvalue weighted by molar-refractivity contribution is 0.0665. The second-order valence-corrected chi connectivity index (χ2v) is 4.99. The van der Waals surface area contributed by atoms with E-state index in [0.717, 1.165) is 12.1 Å². The molecule has 1 unspecified atom stereocenters. The Bertz CT molecular complexity index is 528. The minimum atomic E-state index is -0.364. The van der Waals surface area contributed by atoms with Crippen LogP contribution in [-0.4, -0.2) is 32.1 Å². The van der Waals surface area contributed by atoms with Crippen LogP contribution in [0.15, 0.2) is 54.6 Å². The molecule has 0 N–H and O–H groups in total. The van der Waals surface area contributed by atoms with Crippen molar-refractivity contribution in [1.82, 2.24) is 4.90 Å². The third kappa shape index (κ3) is 3.89. The van der Waals surface area contributed by atoms with Gasteiger partial charge in [0.25, 0.3) is 0 Å². The molecule has 0 aliphatic carbocycles. The van der Waals surface area contributed by atoms with E-state index in [1.54, 1.807) is 12.1 Å². The molecule has 0 saturated carbocycles. The van der Waals surface area contributed by atoms with Gasteiger partial charge >= 0.3 is 0 Å². The van der Waals surface area contributed by atoms with E-state index in [4.69, 9.17) is 4.74 Å². The minimum absolute atomic E-state index is 0.230. The molecule has 2 nitrogen and oxygen atoms in total. The van der Waals surface area contributed by atoms with Crippen molar-refractivity contribution >= 4 is 0 Å². The Labute approximate surface area is 119 Å². The Morgan fingerprint density at radius 1 is 1.00 bits per heavy atom. The SMILES string of the molecule is CN(C)CCOC(c1ccccc1)c1ccccc1F. The van der Waals surface area contributed by atoms with Crippen LogP contribution in [0, 0.1) is 5.82 Å². The first-order valence-electron chi connectivity index (χ1n) is 6.74. The van der Waals surface area contributed by atoms with Crippen molar-refractivity contribution in [3.8, 4) is 0 Å². The van der Waals surface area contributed by atoms with Gasteiger partial charge in [0.15, 0.2) is 0 Å².